The molecule has 0 spiro atoms. The number of aromatic nitrogens is 1. The Balaban J connectivity index is 0.000000704. The third-order valence-corrected chi connectivity index (χ3v) is 3.58. The second-order valence-electron chi connectivity index (χ2n) is 4.71. The third-order valence-electron chi connectivity index (χ3n) is 3.58. The Hall–Kier alpha value is -1.61. The van der Waals surface area contributed by atoms with Crippen LogP contribution in [0.5, 0.6) is 0 Å². The van der Waals surface area contributed by atoms with E-state index >= 15 is 0 Å². The van der Waals surface area contributed by atoms with Crippen molar-refractivity contribution in [3.8, 4) is 0 Å². The molecule has 2 aromatic rings. The van der Waals surface area contributed by atoms with Crippen LogP contribution in [-0.4, -0.2) is 18.1 Å². The van der Waals surface area contributed by atoms with Crippen LogP contribution in [-0.2, 0) is 6.42 Å². The summed E-state index contributed by atoms with van der Waals surface area (Å²) in [6.07, 6.45) is 4.17. The van der Waals surface area contributed by atoms with E-state index in [-0.39, 0.29) is 5.82 Å². The Morgan fingerprint density at radius 3 is 2.70 bits per heavy atom. The van der Waals surface area contributed by atoms with Gasteiger partial charge in [0.15, 0.2) is 0 Å². The van der Waals surface area contributed by atoms with Crippen molar-refractivity contribution in [2.24, 2.45) is 0 Å². The van der Waals surface area contributed by atoms with Crippen molar-refractivity contribution in [1.29, 1.82) is 0 Å². The van der Waals surface area contributed by atoms with Crippen LogP contribution < -0.4 is 5.32 Å². The van der Waals surface area contributed by atoms with Crippen LogP contribution in [0.4, 0.5) is 4.39 Å². The predicted molar refractivity (Wildman–Crippen MR) is 84.4 cm³/mol. The van der Waals surface area contributed by atoms with Gasteiger partial charge in [0.25, 0.3) is 0 Å². The van der Waals surface area contributed by atoms with Gasteiger partial charge in [-0.1, -0.05) is 26.8 Å². The number of nitrogens with one attached hydrogen (secondary N) is 2. The van der Waals surface area contributed by atoms with Gasteiger partial charge in [0, 0.05) is 28.7 Å². The zero-order chi connectivity index (χ0) is 14.5. The topological polar surface area (TPSA) is 27.8 Å². The monoisotopic (exact) mass is 274 g/mol. The second kappa shape index (κ2) is 6.71. The fraction of sp³-hybridized carbons (Fsp3) is 0.412. The number of halogens is 1. The molecule has 0 aliphatic carbocycles. The normalized spacial score (nSPS) is 14.7. The Kier molecular flexibility index (Phi) is 4.96. The number of hydrogen-bond donors (Lipinski definition) is 2. The van der Waals surface area contributed by atoms with E-state index in [1.807, 2.05) is 19.9 Å². The Morgan fingerprint density at radius 2 is 2.05 bits per heavy atom. The quantitative estimate of drug-likeness (QED) is 0.841. The molecule has 1 aromatic carbocycles. The second-order valence-corrected chi connectivity index (χ2v) is 4.71. The van der Waals surface area contributed by atoms with E-state index in [9.17, 15) is 4.39 Å². The van der Waals surface area contributed by atoms with Crippen molar-refractivity contribution in [1.82, 2.24) is 10.3 Å². The van der Waals surface area contributed by atoms with E-state index in [0.717, 1.165) is 36.8 Å². The maximum absolute atomic E-state index is 13.5. The average Bonchev–Trinajstić information content (AvgIpc) is 2.87. The molecular weight excluding hydrogens is 251 g/mol. The van der Waals surface area contributed by atoms with Gasteiger partial charge < -0.3 is 10.3 Å². The molecule has 0 amide bonds. The van der Waals surface area contributed by atoms with Gasteiger partial charge in [0.05, 0.1) is 0 Å². The van der Waals surface area contributed by atoms with Gasteiger partial charge >= 0.3 is 0 Å². The lowest BCUT2D eigenvalue weighted by molar-refractivity contribution is 0.629. The van der Waals surface area contributed by atoms with Gasteiger partial charge in [-0.15, -0.1) is 0 Å². The zero-order valence-electron chi connectivity index (χ0n) is 12.5. The van der Waals surface area contributed by atoms with Gasteiger partial charge in [-0.05, 0) is 43.2 Å². The molecule has 0 saturated heterocycles. The fourth-order valence-corrected chi connectivity index (χ4v) is 2.70. The smallest absolute Gasteiger partial charge is 0.123 e. The van der Waals surface area contributed by atoms with E-state index < -0.39 is 0 Å². The number of benzene rings is 1. The highest BCUT2D eigenvalue weighted by Crippen LogP contribution is 2.32. The van der Waals surface area contributed by atoms with Crippen LogP contribution in [0.2, 0.25) is 0 Å². The third kappa shape index (κ3) is 2.78. The molecule has 0 bridgehead atoms. The SMILES string of the molecule is CC.CCc1[nH]c2ccc(F)cc2c1C1=CCNCC1. The van der Waals surface area contributed by atoms with E-state index in [0.29, 0.717) is 0 Å². The average molecular weight is 274 g/mol. The largest absolute Gasteiger partial charge is 0.358 e. The summed E-state index contributed by atoms with van der Waals surface area (Å²) in [5.41, 5.74) is 4.79. The minimum Gasteiger partial charge on any atom is -0.358 e. The lowest BCUT2D eigenvalue weighted by atomic mass is 9.96. The summed E-state index contributed by atoms with van der Waals surface area (Å²) >= 11 is 0. The molecular formula is C17H23FN2. The van der Waals surface area contributed by atoms with Crippen LogP contribution in [0.1, 0.15) is 38.4 Å². The lowest BCUT2D eigenvalue weighted by Gasteiger charge is -2.15. The molecule has 2 heterocycles. The first-order valence-corrected chi connectivity index (χ1v) is 7.50. The van der Waals surface area contributed by atoms with E-state index in [1.165, 1.54) is 22.9 Å². The molecule has 20 heavy (non-hydrogen) atoms. The molecule has 1 aliphatic heterocycles. The number of H-pyrrole nitrogens is 1. The van der Waals surface area contributed by atoms with E-state index in [4.69, 9.17) is 0 Å². The summed E-state index contributed by atoms with van der Waals surface area (Å²) in [4.78, 5) is 3.41. The molecule has 2 nitrogen and oxygen atoms in total. The maximum Gasteiger partial charge on any atom is 0.123 e. The number of rotatable bonds is 2. The molecule has 1 aromatic heterocycles. The standard InChI is InChI=1S/C15H17FN2.C2H6/c1-2-13-15(10-5-7-17-8-6-10)12-9-11(16)3-4-14(12)18-13;1-2/h3-5,9,17-18H,2,6-8H2,1H3;1-2H3. The number of hydrogen-bond acceptors (Lipinski definition) is 1. The maximum atomic E-state index is 13.5. The molecule has 3 rings (SSSR count). The highest BCUT2D eigenvalue weighted by Gasteiger charge is 2.16. The summed E-state index contributed by atoms with van der Waals surface area (Å²) in [7, 11) is 0. The number of aryl methyl sites for hydroxylation is 1. The van der Waals surface area contributed by atoms with Crippen molar-refractivity contribution in [3.63, 3.8) is 0 Å². The molecule has 0 atom stereocenters. The van der Waals surface area contributed by atoms with Gasteiger partial charge in [-0.3, -0.25) is 0 Å². The summed E-state index contributed by atoms with van der Waals surface area (Å²) in [6, 6.07) is 4.98. The zero-order valence-corrected chi connectivity index (χ0v) is 12.5. The van der Waals surface area contributed by atoms with Crippen molar-refractivity contribution >= 4 is 16.5 Å². The highest BCUT2D eigenvalue weighted by atomic mass is 19.1. The molecule has 0 saturated carbocycles. The van der Waals surface area contributed by atoms with Gasteiger partial charge in [-0.25, -0.2) is 4.39 Å². The molecule has 2 N–H and O–H groups in total. The van der Waals surface area contributed by atoms with Crippen molar-refractivity contribution < 1.29 is 4.39 Å². The van der Waals surface area contributed by atoms with Crippen LogP contribution in [0.3, 0.4) is 0 Å². The van der Waals surface area contributed by atoms with Crippen LogP contribution in [0, 0.1) is 5.82 Å². The van der Waals surface area contributed by atoms with Crippen molar-refractivity contribution in [2.75, 3.05) is 13.1 Å². The highest BCUT2D eigenvalue weighted by molar-refractivity contribution is 5.94. The number of fused-ring (bicyclic) bond motifs is 1. The lowest BCUT2D eigenvalue weighted by Crippen LogP contribution is -2.20. The van der Waals surface area contributed by atoms with E-state index in [1.54, 1.807) is 6.07 Å². The van der Waals surface area contributed by atoms with Crippen molar-refractivity contribution in [3.05, 3.63) is 41.3 Å². The van der Waals surface area contributed by atoms with Gasteiger partial charge in [0.1, 0.15) is 5.82 Å². The minimum absolute atomic E-state index is 0.167. The molecule has 3 heteroatoms. The minimum atomic E-state index is -0.167. The molecule has 108 valence electrons. The van der Waals surface area contributed by atoms with Gasteiger partial charge in [-0.2, -0.15) is 0 Å². The Bertz CT molecular complexity index is 611. The summed E-state index contributed by atoms with van der Waals surface area (Å²) in [5, 5.41) is 4.33. The first-order valence-electron chi connectivity index (χ1n) is 7.50. The Morgan fingerprint density at radius 1 is 1.25 bits per heavy atom. The first kappa shape index (κ1) is 14.8. The summed E-state index contributed by atoms with van der Waals surface area (Å²) < 4.78 is 13.5. The molecule has 0 unspecified atom stereocenters. The predicted octanol–water partition coefficient (Wildman–Crippen LogP) is 4.27. The fourth-order valence-electron chi connectivity index (χ4n) is 2.70. The van der Waals surface area contributed by atoms with Crippen LogP contribution >= 0.6 is 0 Å². The Labute approximate surface area is 120 Å². The van der Waals surface area contributed by atoms with E-state index in [2.05, 4.69) is 23.3 Å². The van der Waals surface area contributed by atoms with Crippen LogP contribution in [0.15, 0.2) is 24.3 Å². The molecule has 1 aliphatic rings. The molecule has 0 fully saturated rings. The van der Waals surface area contributed by atoms with Crippen LogP contribution in [0.25, 0.3) is 16.5 Å². The summed E-state index contributed by atoms with van der Waals surface area (Å²) in [5.74, 6) is -0.167. The molecule has 0 radical (unpaired) electrons. The summed E-state index contributed by atoms with van der Waals surface area (Å²) in [6.45, 7) is 8.03. The first-order chi connectivity index (χ1) is 9.79. The van der Waals surface area contributed by atoms with Crippen molar-refractivity contribution in [2.45, 2.75) is 33.6 Å². The van der Waals surface area contributed by atoms with Gasteiger partial charge in [0.2, 0.25) is 0 Å². The number of aromatic amines is 1.